The summed E-state index contributed by atoms with van der Waals surface area (Å²) in [4.78, 5) is 12.5. The van der Waals surface area contributed by atoms with E-state index >= 15 is 0 Å². The maximum atomic E-state index is 12.5. The van der Waals surface area contributed by atoms with Gasteiger partial charge in [0.1, 0.15) is 11.5 Å². The molecule has 26 heavy (non-hydrogen) atoms. The molecule has 2 aromatic carbocycles. The van der Waals surface area contributed by atoms with Gasteiger partial charge in [-0.2, -0.15) is 0 Å². The first kappa shape index (κ1) is 19.7. The molecule has 5 nitrogen and oxygen atoms in total. The lowest BCUT2D eigenvalue weighted by Crippen LogP contribution is -2.34. The number of nitrogens with one attached hydrogen (secondary N) is 2. The largest absolute Gasteiger partial charge is 0.506 e. The molecule has 6 heteroatoms. The van der Waals surface area contributed by atoms with Crippen LogP contribution < -0.4 is 15.4 Å². The van der Waals surface area contributed by atoms with Gasteiger partial charge in [0.05, 0.1) is 17.9 Å². The van der Waals surface area contributed by atoms with Crippen LogP contribution in [-0.4, -0.2) is 22.7 Å². The van der Waals surface area contributed by atoms with Crippen LogP contribution in [0.3, 0.4) is 0 Å². The zero-order valence-corrected chi connectivity index (χ0v) is 15.6. The molecule has 0 radical (unpaired) electrons. The fourth-order valence-corrected chi connectivity index (χ4v) is 2.60. The van der Waals surface area contributed by atoms with Crippen molar-refractivity contribution in [2.45, 2.75) is 32.6 Å². The molecule has 0 aliphatic rings. The zero-order chi connectivity index (χ0) is 18.8. The summed E-state index contributed by atoms with van der Waals surface area (Å²) in [5.41, 5.74) is 0.850. The quantitative estimate of drug-likeness (QED) is 0.362. The smallest absolute Gasteiger partial charge is 0.261 e. The summed E-state index contributed by atoms with van der Waals surface area (Å²) < 4.78 is 5.76. The first-order valence-electron chi connectivity index (χ1n) is 8.74. The van der Waals surface area contributed by atoms with E-state index in [1.165, 1.54) is 18.9 Å². The Morgan fingerprint density at radius 2 is 1.81 bits per heavy atom. The molecule has 0 bridgehead atoms. The molecule has 0 saturated carbocycles. The maximum absolute atomic E-state index is 12.5. The number of amides is 1. The molecule has 1 amide bonds. The molecule has 3 N–H and O–H groups in total. The summed E-state index contributed by atoms with van der Waals surface area (Å²) in [5.74, 6) is 0.230. The highest BCUT2D eigenvalue weighted by Gasteiger charge is 2.14. The number of ether oxygens (including phenoxy) is 1. The second kappa shape index (κ2) is 10.4. The van der Waals surface area contributed by atoms with Crippen LogP contribution in [0.1, 0.15) is 43.0 Å². The lowest BCUT2D eigenvalue weighted by molar-refractivity contribution is 0.0973. The molecule has 2 rings (SSSR count). The van der Waals surface area contributed by atoms with Crippen molar-refractivity contribution in [1.29, 1.82) is 0 Å². The molecular weight excluding hydrogens is 348 g/mol. The summed E-state index contributed by atoms with van der Waals surface area (Å²) in [6.45, 7) is 2.73. The maximum Gasteiger partial charge on any atom is 0.261 e. The molecule has 0 aliphatic carbocycles. The Morgan fingerprint density at radius 3 is 2.58 bits per heavy atom. The molecule has 0 unspecified atom stereocenters. The molecular formula is C20H24N2O3S. The van der Waals surface area contributed by atoms with Crippen LogP contribution in [0.2, 0.25) is 0 Å². The van der Waals surface area contributed by atoms with Gasteiger partial charge in [-0.3, -0.25) is 10.1 Å². The topological polar surface area (TPSA) is 70.6 Å². The third kappa shape index (κ3) is 6.04. The second-order valence-electron chi connectivity index (χ2n) is 5.83. The molecule has 2 aromatic rings. The number of hydrogen-bond donors (Lipinski definition) is 3. The van der Waals surface area contributed by atoms with Crippen molar-refractivity contribution >= 4 is 28.9 Å². The van der Waals surface area contributed by atoms with Crippen LogP contribution >= 0.6 is 12.2 Å². The third-order valence-corrected chi connectivity index (χ3v) is 3.97. The Morgan fingerprint density at radius 1 is 1.08 bits per heavy atom. The van der Waals surface area contributed by atoms with Gasteiger partial charge in [0, 0.05) is 0 Å². The van der Waals surface area contributed by atoms with Gasteiger partial charge in [-0.05, 0) is 42.9 Å². The van der Waals surface area contributed by atoms with Gasteiger partial charge in [-0.25, -0.2) is 0 Å². The zero-order valence-electron chi connectivity index (χ0n) is 14.8. The number of phenols is 1. The number of phenolic OH excluding ortho intramolecular Hbond substituents is 1. The number of thiocarbonyl (C=S) groups is 1. The van der Waals surface area contributed by atoms with Gasteiger partial charge in [0.2, 0.25) is 0 Å². The van der Waals surface area contributed by atoms with Gasteiger partial charge in [-0.15, -0.1) is 0 Å². The van der Waals surface area contributed by atoms with Crippen molar-refractivity contribution in [3.05, 3.63) is 54.1 Å². The van der Waals surface area contributed by atoms with Crippen molar-refractivity contribution < 1.29 is 14.6 Å². The normalized spacial score (nSPS) is 10.2. The number of carbonyl (C=O) groups is 1. The first-order valence-corrected chi connectivity index (χ1v) is 9.14. The fraction of sp³-hybridized carbons (Fsp3) is 0.300. The van der Waals surface area contributed by atoms with E-state index in [1.54, 1.807) is 36.4 Å². The van der Waals surface area contributed by atoms with Crippen molar-refractivity contribution in [2.24, 2.45) is 0 Å². The van der Waals surface area contributed by atoms with Crippen LogP contribution in [0.25, 0.3) is 0 Å². The molecule has 0 aliphatic heterocycles. The average Bonchev–Trinajstić information content (AvgIpc) is 2.63. The lowest BCUT2D eigenvalue weighted by Gasteiger charge is -2.13. The van der Waals surface area contributed by atoms with E-state index in [1.807, 2.05) is 6.07 Å². The van der Waals surface area contributed by atoms with Crippen molar-refractivity contribution in [3.63, 3.8) is 0 Å². The summed E-state index contributed by atoms with van der Waals surface area (Å²) >= 11 is 5.16. The highest BCUT2D eigenvalue weighted by Crippen LogP contribution is 2.22. The van der Waals surface area contributed by atoms with E-state index in [0.29, 0.717) is 23.6 Å². The number of carbonyl (C=O) groups excluding carboxylic acids is 1. The van der Waals surface area contributed by atoms with Gasteiger partial charge < -0.3 is 15.2 Å². The van der Waals surface area contributed by atoms with Crippen LogP contribution in [0, 0.1) is 0 Å². The number of para-hydroxylation sites is 3. The van der Waals surface area contributed by atoms with E-state index in [-0.39, 0.29) is 16.8 Å². The highest BCUT2D eigenvalue weighted by atomic mass is 32.1. The number of aromatic hydroxyl groups is 1. The van der Waals surface area contributed by atoms with Gasteiger partial charge in [0.25, 0.3) is 5.91 Å². The predicted octanol–water partition coefficient (Wildman–Crippen LogP) is 4.48. The molecule has 0 spiro atoms. The van der Waals surface area contributed by atoms with Gasteiger partial charge >= 0.3 is 0 Å². The standard InChI is InChI=1S/C20H24N2O3S/c1-2-3-4-9-14-25-18-13-8-5-10-15(18)19(24)22-20(26)21-16-11-6-7-12-17(16)23/h5-8,10-13,23H,2-4,9,14H2,1H3,(H2,21,22,24,26). The van der Waals surface area contributed by atoms with E-state index in [9.17, 15) is 9.90 Å². The van der Waals surface area contributed by atoms with Crippen molar-refractivity contribution in [1.82, 2.24) is 5.32 Å². The van der Waals surface area contributed by atoms with Crippen molar-refractivity contribution in [3.8, 4) is 11.5 Å². The van der Waals surface area contributed by atoms with E-state index in [0.717, 1.165) is 12.8 Å². The minimum atomic E-state index is -0.359. The molecule has 0 aromatic heterocycles. The molecule has 0 heterocycles. The Hall–Kier alpha value is -2.60. The van der Waals surface area contributed by atoms with E-state index in [2.05, 4.69) is 17.6 Å². The number of unbranched alkanes of at least 4 members (excludes halogenated alkanes) is 3. The third-order valence-electron chi connectivity index (χ3n) is 3.77. The van der Waals surface area contributed by atoms with Crippen LogP contribution in [-0.2, 0) is 0 Å². The van der Waals surface area contributed by atoms with Crippen molar-refractivity contribution in [2.75, 3.05) is 11.9 Å². The molecule has 0 atom stereocenters. The Bertz CT molecular complexity index is 749. The minimum Gasteiger partial charge on any atom is -0.506 e. The van der Waals surface area contributed by atoms with Crippen LogP contribution in [0.5, 0.6) is 11.5 Å². The van der Waals surface area contributed by atoms with Crippen LogP contribution in [0.15, 0.2) is 48.5 Å². The second-order valence-corrected chi connectivity index (χ2v) is 6.24. The SMILES string of the molecule is CCCCCCOc1ccccc1C(=O)NC(=S)Nc1ccccc1O. The first-order chi connectivity index (χ1) is 12.6. The number of benzene rings is 2. The molecule has 0 fully saturated rings. The lowest BCUT2D eigenvalue weighted by atomic mass is 10.2. The Kier molecular flexibility index (Phi) is 7.89. The summed E-state index contributed by atoms with van der Waals surface area (Å²) in [7, 11) is 0. The predicted molar refractivity (Wildman–Crippen MR) is 108 cm³/mol. The number of anilines is 1. The van der Waals surface area contributed by atoms with Crippen LogP contribution in [0.4, 0.5) is 5.69 Å². The monoisotopic (exact) mass is 372 g/mol. The Balaban J connectivity index is 1.94. The molecule has 0 saturated heterocycles. The summed E-state index contributed by atoms with van der Waals surface area (Å²) in [5, 5.41) is 15.3. The Labute approximate surface area is 159 Å². The van der Waals surface area contributed by atoms with E-state index in [4.69, 9.17) is 17.0 Å². The molecule has 138 valence electrons. The van der Waals surface area contributed by atoms with Gasteiger partial charge in [-0.1, -0.05) is 50.5 Å². The number of hydrogen-bond acceptors (Lipinski definition) is 4. The highest BCUT2D eigenvalue weighted by molar-refractivity contribution is 7.80. The van der Waals surface area contributed by atoms with Gasteiger partial charge in [0.15, 0.2) is 5.11 Å². The summed E-state index contributed by atoms with van der Waals surface area (Å²) in [6, 6.07) is 13.7. The minimum absolute atomic E-state index is 0.0555. The number of rotatable bonds is 8. The van der Waals surface area contributed by atoms with E-state index < -0.39 is 0 Å². The fourth-order valence-electron chi connectivity index (χ4n) is 2.39. The average molecular weight is 372 g/mol. The summed E-state index contributed by atoms with van der Waals surface area (Å²) in [6.07, 6.45) is 4.41.